The number of hydrogen-bond acceptors (Lipinski definition) is 4. The first kappa shape index (κ1) is 22.4. The van der Waals surface area contributed by atoms with Crippen LogP contribution < -0.4 is 0 Å². The molecule has 34 heavy (non-hydrogen) atoms. The van der Waals surface area contributed by atoms with Crippen LogP contribution in [0.25, 0.3) is 5.69 Å². The molecule has 3 aromatic carbocycles. The smallest absolute Gasteiger partial charge is 0.253 e. The summed E-state index contributed by atoms with van der Waals surface area (Å²) < 4.78 is 2.15. The molecule has 2 heterocycles. The molecule has 1 fully saturated rings. The number of carbonyl (C=O) groups is 1. The minimum atomic E-state index is 0.136. The molecule has 0 spiro atoms. The third kappa shape index (κ3) is 5.07. The molecule has 4 aromatic rings. The van der Waals surface area contributed by atoms with Gasteiger partial charge in [-0.2, -0.15) is 0 Å². The monoisotopic (exact) mass is 468 g/mol. The van der Waals surface area contributed by atoms with Gasteiger partial charge in [0.1, 0.15) is 5.82 Å². The maximum atomic E-state index is 12.8. The highest BCUT2D eigenvalue weighted by atomic mass is 32.2. The highest BCUT2D eigenvalue weighted by Crippen LogP contribution is 2.27. The van der Waals surface area contributed by atoms with Gasteiger partial charge in [0.25, 0.3) is 5.91 Å². The molecule has 0 aliphatic carbocycles. The Morgan fingerprint density at radius 2 is 1.62 bits per heavy atom. The lowest BCUT2D eigenvalue weighted by atomic mass is 10.1. The Balaban J connectivity index is 1.39. The predicted molar refractivity (Wildman–Crippen MR) is 136 cm³/mol. The molecule has 1 aliphatic rings. The van der Waals surface area contributed by atoms with E-state index in [0.29, 0.717) is 6.42 Å². The molecule has 1 aromatic heterocycles. The number of carbonyl (C=O) groups excluding carboxylic acids is 1. The summed E-state index contributed by atoms with van der Waals surface area (Å²) in [4.78, 5) is 14.8. The summed E-state index contributed by atoms with van der Waals surface area (Å²) in [5.74, 6) is 1.77. The highest BCUT2D eigenvalue weighted by molar-refractivity contribution is 7.98. The van der Waals surface area contributed by atoms with Crippen molar-refractivity contribution in [2.75, 3.05) is 13.1 Å². The number of hydrogen-bond donors (Lipinski definition) is 0. The minimum Gasteiger partial charge on any atom is -0.339 e. The van der Waals surface area contributed by atoms with Crippen LogP contribution in [0.5, 0.6) is 0 Å². The molecule has 0 unspecified atom stereocenters. The number of likely N-dealkylation sites (tertiary alicyclic amines) is 1. The lowest BCUT2D eigenvalue weighted by molar-refractivity contribution is 0.0792. The zero-order chi connectivity index (χ0) is 23.3. The average molecular weight is 469 g/mol. The Bertz CT molecular complexity index is 1260. The minimum absolute atomic E-state index is 0.136. The molecule has 5 nitrogen and oxygen atoms in total. The van der Waals surface area contributed by atoms with Crippen molar-refractivity contribution in [1.29, 1.82) is 0 Å². The van der Waals surface area contributed by atoms with E-state index in [9.17, 15) is 4.79 Å². The maximum absolute atomic E-state index is 12.8. The standard InChI is InChI=1S/C28H28N4OS/c1-21-12-14-25(15-13-21)32-26(19-22-8-3-2-4-9-22)29-30-28(32)34-20-23-10-7-11-24(18-23)27(33)31-16-5-6-17-31/h2-4,7-15,18H,5-6,16-17,19-20H2,1H3. The van der Waals surface area contributed by atoms with Gasteiger partial charge in [-0.1, -0.05) is 71.9 Å². The second-order valence-electron chi connectivity index (χ2n) is 8.72. The van der Waals surface area contributed by atoms with Crippen LogP contribution in [0.4, 0.5) is 0 Å². The van der Waals surface area contributed by atoms with Crippen molar-refractivity contribution >= 4 is 17.7 Å². The van der Waals surface area contributed by atoms with E-state index in [1.165, 1.54) is 11.1 Å². The first-order valence-corrected chi connectivity index (χ1v) is 12.7. The van der Waals surface area contributed by atoms with Gasteiger partial charge in [-0.25, -0.2) is 0 Å². The van der Waals surface area contributed by atoms with Gasteiger partial charge >= 0.3 is 0 Å². The third-order valence-electron chi connectivity index (χ3n) is 6.13. The van der Waals surface area contributed by atoms with Crippen molar-refractivity contribution in [3.05, 3.63) is 107 Å². The van der Waals surface area contributed by atoms with Crippen molar-refractivity contribution in [3.8, 4) is 5.69 Å². The molecule has 6 heteroatoms. The molecular weight excluding hydrogens is 440 g/mol. The fourth-order valence-corrected chi connectivity index (χ4v) is 5.20. The quantitative estimate of drug-likeness (QED) is 0.327. The van der Waals surface area contributed by atoms with E-state index in [2.05, 4.69) is 64.2 Å². The average Bonchev–Trinajstić information content (AvgIpc) is 3.54. The van der Waals surface area contributed by atoms with Gasteiger partial charge in [-0.05, 0) is 55.2 Å². The Labute approximate surface area is 204 Å². The van der Waals surface area contributed by atoms with E-state index in [-0.39, 0.29) is 5.91 Å². The van der Waals surface area contributed by atoms with Gasteiger partial charge in [-0.3, -0.25) is 9.36 Å². The third-order valence-corrected chi connectivity index (χ3v) is 7.13. The molecule has 1 aliphatic heterocycles. The number of aryl methyl sites for hydroxylation is 1. The molecule has 1 amide bonds. The molecule has 0 N–H and O–H groups in total. The van der Waals surface area contributed by atoms with Gasteiger partial charge < -0.3 is 4.90 Å². The summed E-state index contributed by atoms with van der Waals surface area (Å²) in [6.45, 7) is 3.82. The Kier molecular flexibility index (Phi) is 6.77. The summed E-state index contributed by atoms with van der Waals surface area (Å²) in [7, 11) is 0. The highest BCUT2D eigenvalue weighted by Gasteiger charge is 2.20. The van der Waals surface area contributed by atoms with Crippen LogP contribution in [-0.2, 0) is 12.2 Å². The molecule has 172 valence electrons. The lowest BCUT2D eigenvalue weighted by Gasteiger charge is -2.15. The van der Waals surface area contributed by atoms with E-state index in [1.54, 1.807) is 11.8 Å². The fraction of sp³-hybridized carbons (Fsp3) is 0.250. The predicted octanol–water partition coefficient (Wildman–Crippen LogP) is 5.69. The van der Waals surface area contributed by atoms with E-state index in [1.807, 2.05) is 41.3 Å². The van der Waals surface area contributed by atoms with Gasteiger partial charge in [-0.15, -0.1) is 10.2 Å². The summed E-state index contributed by atoms with van der Waals surface area (Å²) in [6, 6.07) is 26.8. The second kappa shape index (κ2) is 10.3. The van der Waals surface area contributed by atoms with Crippen LogP contribution in [0.3, 0.4) is 0 Å². The maximum Gasteiger partial charge on any atom is 0.253 e. The molecule has 0 atom stereocenters. The Hall–Kier alpha value is -3.38. The first-order chi connectivity index (χ1) is 16.7. The Morgan fingerprint density at radius 1 is 0.882 bits per heavy atom. The molecule has 0 saturated carbocycles. The normalized spacial score (nSPS) is 13.4. The van der Waals surface area contributed by atoms with Crippen molar-refractivity contribution < 1.29 is 4.79 Å². The van der Waals surface area contributed by atoms with Crippen molar-refractivity contribution in [2.24, 2.45) is 0 Å². The van der Waals surface area contributed by atoms with Crippen molar-refractivity contribution in [3.63, 3.8) is 0 Å². The summed E-state index contributed by atoms with van der Waals surface area (Å²) in [5, 5.41) is 9.95. The van der Waals surface area contributed by atoms with Crippen LogP contribution in [0.1, 0.15) is 45.7 Å². The molecule has 5 rings (SSSR count). The number of benzene rings is 3. The molecular formula is C28H28N4OS. The van der Waals surface area contributed by atoms with Crippen LogP contribution >= 0.6 is 11.8 Å². The molecule has 0 radical (unpaired) electrons. The Morgan fingerprint density at radius 3 is 2.38 bits per heavy atom. The number of nitrogens with zero attached hydrogens (tertiary/aromatic N) is 4. The van der Waals surface area contributed by atoms with E-state index >= 15 is 0 Å². The fourth-order valence-electron chi connectivity index (χ4n) is 4.28. The number of rotatable bonds is 7. The lowest BCUT2D eigenvalue weighted by Crippen LogP contribution is -2.27. The van der Waals surface area contributed by atoms with E-state index in [0.717, 1.165) is 59.5 Å². The van der Waals surface area contributed by atoms with E-state index in [4.69, 9.17) is 0 Å². The summed E-state index contributed by atoms with van der Waals surface area (Å²) in [6.07, 6.45) is 2.91. The van der Waals surface area contributed by atoms with Gasteiger partial charge in [0.2, 0.25) is 0 Å². The van der Waals surface area contributed by atoms with Crippen molar-refractivity contribution in [1.82, 2.24) is 19.7 Å². The van der Waals surface area contributed by atoms with Gasteiger partial charge in [0.05, 0.1) is 0 Å². The van der Waals surface area contributed by atoms with Crippen LogP contribution in [-0.4, -0.2) is 38.7 Å². The second-order valence-corrected chi connectivity index (χ2v) is 9.66. The summed E-state index contributed by atoms with van der Waals surface area (Å²) >= 11 is 1.65. The number of aromatic nitrogens is 3. The SMILES string of the molecule is Cc1ccc(-n2c(Cc3ccccc3)nnc2SCc2cccc(C(=O)N3CCCC3)c2)cc1. The van der Waals surface area contributed by atoms with E-state index < -0.39 is 0 Å². The largest absolute Gasteiger partial charge is 0.339 e. The van der Waals surface area contributed by atoms with Crippen LogP contribution in [0, 0.1) is 6.92 Å². The van der Waals surface area contributed by atoms with Gasteiger partial charge in [0.15, 0.2) is 5.16 Å². The van der Waals surface area contributed by atoms with Crippen LogP contribution in [0.15, 0.2) is 84.0 Å². The van der Waals surface area contributed by atoms with Crippen LogP contribution in [0.2, 0.25) is 0 Å². The van der Waals surface area contributed by atoms with Crippen molar-refractivity contribution in [2.45, 2.75) is 37.1 Å². The molecule has 0 bridgehead atoms. The van der Waals surface area contributed by atoms with Gasteiger partial charge in [0, 0.05) is 36.5 Å². The topological polar surface area (TPSA) is 51.0 Å². The molecule has 1 saturated heterocycles. The summed E-state index contributed by atoms with van der Waals surface area (Å²) in [5.41, 5.74) is 5.35. The number of amides is 1. The first-order valence-electron chi connectivity index (χ1n) is 11.7. The zero-order valence-corrected chi connectivity index (χ0v) is 20.2. The number of thioether (sulfide) groups is 1. The zero-order valence-electron chi connectivity index (χ0n) is 19.4.